The van der Waals surface area contributed by atoms with Crippen LogP contribution in [-0.4, -0.2) is 21.4 Å². The Morgan fingerprint density at radius 1 is 0.556 bits per heavy atom. The van der Waals surface area contributed by atoms with Crippen LogP contribution in [0.5, 0.6) is 0 Å². The van der Waals surface area contributed by atoms with Gasteiger partial charge in [0.05, 0.1) is 22.8 Å². The third-order valence-corrected chi connectivity index (χ3v) is 5.76. The van der Waals surface area contributed by atoms with Gasteiger partial charge in [0.1, 0.15) is 11.4 Å². The van der Waals surface area contributed by atoms with Gasteiger partial charge >= 0.3 is 0 Å². The Bertz CT molecular complexity index is 1240. The Balaban J connectivity index is 0.00000228. The predicted octanol–water partition coefficient (Wildman–Crippen LogP) is 7.72. The van der Waals surface area contributed by atoms with E-state index in [0.717, 1.165) is 45.0 Å². The number of aliphatic imine (C=N–C) groups is 2. The van der Waals surface area contributed by atoms with Crippen molar-refractivity contribution in [2.45, 2.75) is 41.5 Å². The Kier molecular flexibility index (Phi) is 10.0. The maximum absolute atomic E-state index is 5.20. The van der Waals surface area contributed by atoms with Crippen LogP contribution in [0.1, 0.15) is 44.8 Å². The summed E-state index contributed by atoms with van der Waals surface area (Å²) in [7, 11) is 0. The van der Waals surface area contributed by atoms with Crippen LogP contribution in [0.4, 0.5) is 11.4 Å². The van der Waals surface area contributed by atoms with Crippen LogP contribution in [0, 0.1) is 49.0 Å². The second kappa shape index (κ2) is 12.5. The van der Waals surface area contributed by atoms with E-state index in [4.69, 9.17) is 9.98 Å². The summed E-state index contributed by atoms with van der Waals surface area (Å²) < 4.78 is 0. The summed E-state index contributed by atoms with van der Waals surface area (Å²) in [6, 6.07) is 20.4. The molecular weight excluding hydrogens is 487 g/mol. The fourth-order valence-corrected chi connectivity index (χ4v) is 4.39. The number of pyridine rings is 2. The molecule has 5 heteroatoms. The maximum Gasteiger partial charge on any atom is 0.117 e. The van der Waals surface area contributed by atoms with Gasteiger partial charge in [-0.05, 0) is 88.1 Å². The van der Waals surface area contributed by atoms with E-state index in [-0.39, 0.29) is 23.9 Å². The average molecular weight is 520 g/mol. The van der Waals surface area contributed by atoms with E-state index >= 15 is 0 Å². The topological polar surface area (TPSA) is 50.5 Å². The summed E-state index contributed by atoms with van der Waals surface area (Å²) in [6.45, 7) is 12.6. The van der Waals surface area contributed by atoms with Crippen molar-refractivity contribution in [2.24, 2.45) is 9.98 Å². The van der Waals surface area contributed by atoms with Gasteiger partial charge in [0.25, 0.3) is 0 Å². The second-order valence-corrected chi connectivity index (χ2v) is 8.85. The molecule has 0 saturated carbocycles. The van der Waals surface area contributed by atoms with Crippen molar-refractivity contribution in [1.82, 2.24) is 9.97 Å². The molecule has 2 heterocycles. The van der Waals surface area contributed by atoms with Gasteiger partial charge < -0.3 is 7.43 Å². The predicted molar refractivity (Wildman–Crippen MR) is 149 cm³/mol. The molecule has 36 heavy (non-hydrogen) atoms. The smallest absolute Gasteiger partial charge is 0.117 e. The summed E-state index contributed by atoms with van der Waals surface area (Å²) in [5.41, 5.74) is 11.7. The number of rotatable bonds is 5. The third-order valence-electron chi connectivity index (χ3n) is 5.76. The number of hydrogen-bond donors (Lipinski definition) is 0. The fourth-order valence-electron chi connectivity index (χ4n) is 4.39. The molecule has 0 aliphatic heterocycles. The molecule has 0 radical (unpaired) electrons. The van der Waals surface area contributed by atoms with E-state index in [1.807, 2.05) is 36.4 Å². The summed E-state index contributed by atoms with van der Waals surface area (Å²) in [4.78, 5) is 19.7. The first-order valence-corrected chi connectivity index (χ1v) is 11.5. The molecular formula is C31H33N4Ni-. The van der Waals surface area contributed by atoms with Gasteiger partial charge in [0.2, 0.25) is 0 Å². The third kappa shape index (κ3) is 6.41. The normalized spacial score (nSPS) is 11.5. The standard InChI is InChI=1S/C30H30N4.CH3.Ni/c1-19-15-21(3)27(22(4)16-19)33-29(25-11-7-9-13-31-25)30(26-12-8-10-14-32-26)34-28-23(5)17-20(2)18-24(28)6;;/h7-18H,1-6H3;1H3;/q;-1;. The molecule has 0 N–H and O–H groups in total. The number of aromatic nitrogens is 2. The minimum absolute atomic E-state index is 0. The molecule has 4 aromatic rings. The summed E-state index contributed by atoms with van der Waals surface area (Å²) in [5.74, 6) is 0. The van der Waals surface area contributed by atoms with Gasteiger partial charge in [0.15, 0.2) is 0 Å². The number of aryl methyl sites for hydroxylation is 6. The van der Waals surface area contributed by atoms with E-state index < -0.39 is 0 Å². The van der Waals surface area contributed by atoms with E-state index in [2.05, 4.69) is 75.8 Å². The summed E-state index contributed by atoms with van der Waals surface area (Å²) in [6.07, 6.45) is 3.58. The maximum atomic E-state index is 5.20. The molecule has 0 spiro atoms. The van der Waals surface area contributed by atoms with Crippen molar-refractivity contribution >= 4 is 22.8 Å². The van der Waals surface area contributed by atoms with Crippen LogP contribution in [0.2, 0.25) is 0 Å². The minimum atomic E-state index is 0. The van der Waals surface area contributed by atoms with Crippen LogP contribution in [0.3, 0.4) is 0 Å². The summed E-state index contributed by atoms with van der Waals surface area (Å²) in [5, 5.41) is 0. The molecule has 2 aromatic heterocycles. The molecule has 2 aromatic carbocycles. The van der Waals surface area contributed by atoms with Gasteiger partial charge in [0, 0.05) is 28.9 Å². The Morgan fingerprint density at radius 3 is 1.17 bits per heavy atom. The molecule has 0 saturated heterocycles. The Labute approximate surface area is 225 Å². The van der Waals surface area contributed by atoms with Crippen molar-refractivity contribution in [2.75, 3.05) is 0 Å². The zero-order valence-electron chi connectivity index (χ0n) is 22.0. The van der Waals surface area contributed by atoms with E-state index in [1.165, 1.54) is 11.1 Å². The molecule has 188 valence electrons. The van der Waals surface area contributed by atoms with Crippen LogP contribution in [0.25, 0.3) is 0 Å². The number of benzene rings is 2. The molecule has 4 nitrogen and oxygen atoms in total. The Hall–Kier alpha value is -3.43. The molecule has 0 bridgehead atoms. The van der Waals surface area contributed by atoms with Crippen molar-refractivity contribution in [3.63, 3.8) is 0 Å². The molecule has 0 aliphatic carbocycles. The van der Waals surface area contributed by atoms with Crippen molar-refractivity contribution in [3.05, 3.63) is 125 Å². The zero-order chi connectivity index (χ0) is 24.2. The number of hydrogen-bond acceptors (Lipinski definition) is 4. The average Bonchev–Trinajstić information content (AvgIpc) is 2.80. The molecule has 0 atom stereocenters. The minimum Gasteiger partial charge on any atom is -0.358 e. The monoisotopic (exact) mass is 519 g/mol. The van der Waals surface area contributed by atoms with Crippen molar-refractivity contribution in [3.8, 4) is 0 Å². The van der Waals surface area contributed by atoms with Gasteiger partial charge in [-0.1, -0.05) is 47.5 Å². The first-order valence-electron chi connectivity index (χ1n) is 11.5. The first-order chi connectivity index (χ1) is 16.3. The molecule has 4 rings (SSSR count). The van der Waals surface area contributed by atoms with Crippen LogP contribution >= 0.6 is 0 Å². The second-order valence-electron chi connectivity index (χ2n) is 8.85. The fraction of sp³-hybridized carbons (Fsp3) is 0.194. The van der Waals surface area contributed by atoms with Gasteiger partial charge in [-0.2, -0.15) is 0 Å². The van der Waals surface area contributed by atoms with Crippen LogP contribution in [-0.2, 0) is 16.5 Å². The SMILES string of the molecule is Cc1cc(C)c(N=C(C(=Nc2c(C)cc(C)cc2C)c2ccccn2)c2ccccn2)c(C)c1.[CH3-].[Ni]. The number of nitrogens with zero attached hydrogens (tertiary/aromatic N) is 4. The van der Waals surface area contributed by atoms with Gasteiger partial charge in [-0.3, -0.25) is 9.97 Å². The largest absolute Gasteiger partial charge is 0.358 e. The van der Waals surface area contributed by atoms with Crippen LogP contribution < -0.4 is 0 Å². The van der Waals surface area contributed by atoms with E-state index in [9.17, 15) is 0 Å². The zero-order valence-corrected chi connectivity index (χ0v) is 23.0. The first kappa shape index (κ1) is 28.8. The Morgan fingerprint density at radius 2 is 0.889 bits per heavy atom. The van der Waals surface area contributed by atoms with E-state index in [0.29, 0.717) is 11.4 Å². The van der Waals surface area contributed by atoms with Crippen molar-refractivity contribution in [1.29, 1.82) is 0 Å². The van der Waals surface area contributed by atoms with E-state index in [1.54, 1.807) is 12.4 Å². The summed E-state index contributed by atoms with van der Waals surface area (Å²) >= 11 is 0. The van der Waals surface area contributed by atoms with Gasteiger partial charge in [-0.15, -0.1) is 0 Å². The van der Waals surface area contributed by atoms with Gasteiger partial charge in [-0.25, -0.2) is 9.98 Å². The molecule has 0 unspecified atom stereocenters. The van der Waals surface area contributed by atoms with Crippen molar-refractivity contribution < 1.29 is 16.5 Å². The van der Waals surface area contributed by atoms with Crippen LogP contribution in [0.15, 0.2) is 83.0 Å². The molecule has 0 amide bonds. The molecule has 0 fully saturated rings. The molecule has 0 aliphatic rings. The quantitative estimate of drug-likeness (QED) is 0.154.